The maximum Gasteiger partial charge on any atom is 0.573 e. The number of nitrogens with zero attached hydrogens (tertiary/aromatic N) is 1. The summed E-state index contributed by atoms with van der Waals surface area (Å²) in [5.74, 6) is -0.251. The Balaban J connectivity index is 2.04. The van der Waals surface area contributed by atoms with Crippen molar-refractivity contribution in [3.63, 3.8) is 0 Å². The number of halogens is 3. The second-order valence-electron chi connectivity index (χ2n) is 3.75. The first-order valence-corrected chi connectivity index (χ1v) is 6.20. The number of thiophene rings is 1. The number of aryl methyl sites for hydroxylation is 1. The average molecular weight is 285 g/mol. The summed E-state index contributed by atoms with van der Waals surface area (Å²) in [6.45, 7) is 1.99. The fourth-order valence-corrected chi connectivity index (χ4v) is 2.14. The first-order chi connectivity index (χ1) is 8.92. The van der Waals surface area contributed by atoms with Gasteiger partial charge in [0.25, 0.3) is 0 Å². The van der Waals surface area contributed by atoms with E-state index < -0.39 is 6.36 Å². The van der Waals surface area contributed by atoms with Crippen LogP contribution in [0.4, 0.5) is 18.9 Å². The standard InChI is InChI=1S/C13H10F3NOS/c1-9-2-7-12(19-9)8-17-10-3-5-11(6-4-10)18-13(14,15)16/h2-8H,1H3. The molecule has 0 unspecified atom stereocenters. The second kappa shape index (κ2) is 5.44. The van der Waals surface area contributed by atoms with E-state index >= 15 is 0 Å². The summed E-state index contributed by atoms with van der Waals surface area (Å²) >= 11 is 1.60. The van der Waals surface area contributed by atoms with Crippen LogP contribution < -0.4 is 4.74 Å². The van der Waals surface area contributed by atoms with E-state index in [9.17, 15) is 13.2 Å². The van der Waals surface area contributed by atoms with Crippen LogP contribution in [0, 0.1) is 6.92 Å². The van der Waals surface area contributed by atoms with Gasteiger partial charge in [-0.3, -0.25) is 4.99 Å². The minimum absolute atomic E-state index is 0.251. The van der Waals surface area contributed by atoms with Gasteiger partial charge in [-0.1, -0.05) is 0 Å². The molecule has 6 heteroatoms. The molecule has 1 heterocycles. The van der Waals surface area contributed by atoms with Crippen molar-refractivity contribution >= 4 is 23.2 Å². The predicted octanol–water partition coefficient (Wildman–Crippen LogP) is 4.71. The quantitative estimate of drug-likeness (QED) is 0.749. The molecule has 0 amide bonds. The van der Waals surface area contributed by atoms with Crippen molar-refractivity contribution < 1.29 is 17.9 Å². The van der Waals surface area contributed by atoms with E-state index in [1.165, 1.54) is 29.1 Å². The fourth-order valence-electron chi connectivity index (χ4n) is 1.39. The van der Waals surface area contributed by atoms with E-state index in [1.54, 1.807) is 17.6 Å². The molecule has 0 saturated carbocycles. The van der Waals surface area contributed by atoms with Gasteiger partial charge in [-0.2, -0.15) is 0 Å². The largest absolute Gasteiger partial charge is 0.573 e. The van der Waals surface area contributed by atoms with Crippen LogP contribution in [0.5, 0.6) is 5.75 Å². The van der Waals surface area contributed by atoms with Crippen molar-refractivity contribution in [3.05, 3.63) is 46.2 Å². The second-order valence-corrected chi connectivity index (χ2v) is 5.07. The third kappa shape index (κ3) is 4.40. The number of hydrogen-bond acceptors (Lipinski definition) is 3. The van der Waals surface area contributed by atoms with E-state index in [1.807, 2.05) is 19.1 Å². The lowest BCUT2D eigenvalue weighted by atomic mass is 10.3. The van der Waals surface area contributed by atoms with Crippen molar-refractivity contribution in [2.45, 2.75) is 13.3 Å². The van der Waals surface area contributed by atoms with Crippen LogP contribution in [0.2, 0.25) is 0 Å². The summed E-state index contributed by atoms with van der Waals surface area (Å²) in [4.78, 5) is 6.35. The van der Waals surface area contributed by atoms with E-state index in [-0.39, 0.29) is 5.75 Å². The predicted molar refractivity (Wildman–Crippen MR) is 69.4 cm³/mol. The van der Waals surface area contributed by atoms with Gasteiger partial charge >= 0.3 is 6.36 Å². The van der Waals surface area contributed by atoms with Crippen LogP contribution in [0.25, 0.3) is 0 Å². The maximum atomic E-state index is 12.0. The zero-order valence-electron chi connectivity index (χ0n) is 9.94. The van der Waals surface area contributed by atoms with Crippen molar-refractivity contribution in [1.29, 1.82) is 0 Å². The third-order valence-electron chi connectivity index (χ3n) is 2.17. The molecule has 1 aromatic carbocycles. The lowest BCUT2D eigenvalue weighted by molar-refractivity contribution is -0.274. The molecule has 0 spiro atoms. The Morgan fingerprint density at radius 1 is 1.11 bits per heavy atom. The highest BCUT2D eigenvalue weighted by atomic mass is 32.1. The summed E-state index contributed by atoms with van der Waals surface area (Å²) in [6, 6.07) is 9.33. The zero-order valence-corrected chi connectivity index (χ0v) is 10.8. The van der Waals surface area contributed by atoms with Gasteiger partial charge in [0, 0.05) is 16.0 Å². The molecular weight excluding hydrogens is 275 g/mol. The first kappa shape index (κ1) is 13.6. The molecule has 19 heavy (non-hydrogen) atoms. The molecule has 0 radical (unpaired) electrons. The molecule has 0 N–H and O–H groups in total. The molecule has 0 atom stereocenters. The normalized spacial score (nSPS) is 12.0. The highest BCUT2D eigenvalue weighted by Gasteiger charge is 2.30. The molecule has 0 bridgehead atoms. The molecule has 0 fully saturated rings. The molecule has 0 aliphatic heterocycles. The fraction of sp³-hybridized carbons (Fsp3) is 0.154. The smallest absolute Gasteiger partial charge is 0.406 e. The van der Waals surface area contributed by atoms with Crippen LogP contribution in [0.3, 0.4) is 0 Å². The molecule has 0 aliphatic carbocycles. The Bertz CT molecular complexity index is 572. The molecule has 0 aliphatic rings. The van der Waals surface area contributed by atoms with Crippen molar-refractivity contribution in [2.75, 3.05) is 0 Å². The lowest BCUT2D eigenvalue weighted by Crippen LogP contribution is -2.16. The van der Waals surface area contributed by atoms with Crippen molar-refractivity contribution in [1.82, 2.24) is 0 Å². The van der Waals surface area contributed by atoms with E-state index in [0.29, 0.717) is 5.69 Å². The number of aliphatic imine (C=N–C) groups is 1. The third-order valence-corrected chi connectivity index (χ3v) is 3.11. The monoisotopic (exact) mass is 285 g/mol. The SMILES string of the molecule is Cc1ccc(C=Nc2ccc(OC(F)(F)F)cc2)s1. The van der Waals surface area contributed by atoms with Gasteiger partial charge in [0.2, 0.25) is 0 Å². The van der Waals surface area contributed by atoms with E-state index in [2.05, 4.69) is 9.73 Å². The van der Waals surface area contributed by atoms with Crippen LogP contribution in [-0.4, -0.2) is 12.6 Å². The lowest BCUT2D eigenvalue weighted by Gasteiger charge is -2.08. The summed E-state index contributed by atoms with van der Waals surface area (Å²) in [5, 5.41) is 0. The van der Waals surface area contributed by atoms with E-state index in [4.69, 9.17) is 0 Å². The van der Waals surface area contributed by atoms with Crippen LogP contribution in [0.1, 0.15) is 9.75 Å². The number of alkyl halides is 3. The highest BCUT2D eigenvalue weighted by molar-refractivity contribution is 7.13. The van der Waals surface area contributed by atoms with E-state index in [0.717, 1.165) is 4.88 Å². The Hall–Kier alpha value is -1.82. The minimum atomic E-state index is -4.67. The molecule has 2 nitrogen and oxygen atoms in total. The van der Waals surface area contributed by atoms with Gasteiger partial charge in [-0.25, -0.2) is 0 Å². The first-order valence-electron chi connectivity index (χ1n) is 5.39. The number of ether oxygens (including phenoxy) is 1. The molecule has 1 aromatic heterocycles. The molecule has 2 rings (SSSR count). The highest BCUT2D eigenvalue weighted by Crippen LogP contribution is 2.25. The summed E-state index contributed by atoms with van der Waals surface area (Å²) < 4.78 is 39.7. The Labute approximate surface area is 112 Å². The number of benzene rings is 1. The van der Waals surface area contributed by atoms with Gasteiger partial charge in [0.15, 0.2) is 0 Å². The average Bonchev–Trinajstić information content (AvgIpc) is 2.72. The van der Waals surface area contributed by atoms with Crippen LogP contribution >= 0.6 is 11.3 Å². The summed E-state index contributed by atoms with van der Waals surface area (Å²) in [5.41, 5.74) is 0.570. The Morgan fingerprint density at radius 3 is 2.32 bits per heavy atom. The maximum absolute atomic E-state index is 12.0. The minimum Gasteiger partial charge on any atom is -0.406 e. The van der Waals surface area contributed by atoms with Gasteiger partial charge in [-0.05, 0) is 43.3 Å². The summed E-state index contributed by atoms with van der Waals surface area (Å²) in [6.07, 6.45) is -2.99. The van der Waals surface area contributed by atoms with Gasteiger partial charge < -0.3 is 4.74 Å². The zero-order chi connectivity index (χ0) is 13.9. The molecular formula is C13H10F3NOS. The van der Waals surface area contributed by atoms with Gasteiger partial charge in [0.1, 0.15) is 5.75 Å². The van der Waals surface area contributed by atoms with Gasteiger partial charge in [-0.15, -0.1) is 24.5 Å². The number of rotatable bonds is 3. The molecule has 100 valence electrons. The number of hydrogen-bond donors (Lipinski definition) is 0. The summed E-state index contributed by atoms with van der Waals surface area (Å²) in [7, 11) is 0. The van der Waals surface area contributed by atoms with Gasteiger partial charge in [0.05, 0.1) is 5.69 Å². The topological polar surface area (TPSA) is 21.6 Å². The molecule has 0 saturated heterocycles. The Kier molecular flexibility index (Phi) is 3.90. The van der Waals surface area contributed by atoms with Crippen LogP contribution in [-0.2, 0) is 0 Å². The Morgan fingerprint density at radius 2 is 1.79 bits per heavy atom. The van der Waals surface area contributed by atoms with Crippen molar-refractivity contribution in [2.24, 2.45) is 4.99 Å². The van der Waals surface area contributed by atoms with Crippen molar-refractivity contribution in [3.8, 4) is 5.75 Å². The molecule has 2 aromatic rings. The van der Waals surface area contributed by atoms with Crippen LogP contribution in [0.15, 0.2) is 41.4 Å².